The third kappa shape index (κ3) is 3.36. The highest BCUT2D eigenvalue weighted by Crippen LogP contribution is 2.33. The third-order valence-electron chi connectivity index (χ3n) is 5.87. The summed E-state index contributed by atoms with van der Waals surface area (Å²) in [4.78, 5) is 24.0. The Morgan fingerprint density at radius 1 is 1.11 bits per heavy atom. The van der Waals surface area contributed by atoms with Gasteiger partial charge in [0.1, 0.15) is 12.4 Å². The second kappa shape index (κ2) is 6.83. The monoisotopic (exact) mass is 363 g/mol. The molecule has 1 saturated carbocycles. The van der Waals surface area contributed by atoms with Crippen LogP contribution in [-0.4, -0.2) is 43.0 Å². The largest absolute Gasteiger partial charge is 0.340 e. The summed E-state index contributed by atoms with van der Waals surface area (Å²) in [6.45, 7) is 3.04. The minimum absolute atomic E-state index is 0.170. The summed E-state index contributed by atoms with van der Waals surface area (Å²) in [5.74, 6) is 2.50. The summed E-state index contributed by atoms with van der Waals surface area (Å²) in [6.07, 6.45) is 10.6. The number of para-hydroxylation sites is 2. The lowest BCUT2D eigenvalue weighted by Crippen LogP contribution is -2.41. The van der Waals surface area contributed by atoms with Crippen LogP contribution >= 0.6 is 0 Å². The molecule has 6 nitrogen and oxygen atoms in total. The SMILES string of the molecule is O=C(Cn1cnc2ccccc21)N1CCC[C@H](c2nccn2CC2CC2)C1. The first-order valence-electron chi connectivity index (χ1n) is 9.96. The van der Waals surface area contributed by atoms with Crippen molar-refractivity contribution in [1.82, 2.24) is 24.0 Å². The van der Waals surface area contributed by atoms with Gasteiger partial charge in [0, 0.05) is 37.9 Å². The minimum Gasteiger partial charge on any atom is -0.340 e. The molecule has 2 aromatic heterocycles. The smallest absolute Gasteiger partial charge is 0.242 e. The maximum atomic E-state index is 12.9. The van der Waals surface area contributed by atoms with Crippen molar-refractivity contribution < 1.29 is 4.79 Å². The van der Waals surface area contributed by atoms with Gasteiger partial charge in [0.2, 0.25) is 5.91 Å². The number of hydrogen-bond acceptors (Lipinski definition) is 3. The first-order valence-corrected chi connectivity index (χ1v) is 9.96. The number of piperidine rings is 1. The van der Waals surface area contributed by atoms with E-state index in [1.807, 2.05) is 39.9 Å². The van der Waals surface area contributed by atoms with E-state index in [9.17, 15) is 4.79 Å². The number of rotatable bonds is 5. The number of hydrogen-bond donors (Lipinski definition) is 0. The van der Waals surface area contributed by atoms with Crippen LogP contribution in [0.1, 0.15) is 37.4 Å². The molecule has 0 unspecified atom stereocenters. The standard InChI is InChI=1S/C21H25N5O/c27-20(14-26-15-23-18-5-1-2-6-19(18)26)24-10-3-4-17(13-24)21-22-9-11-25(21)12-16-7-8-16/h1-2,5-6,9,11,15-17H,3-4,7-8,10,12-14H2/t17-/m0/s1. The molecule has 0 radical (unpaired) electrons. The quantitative estimate of drug-likeness (QED) is 0.700. The van der Waals surface area contributed by atoms with Gasteiger partial charge in [0.25, 0.3) is 0 Å². The molecule has 6 heteroatoms. The van der Waals surface area contributed by atoms with Gasteiger partial charge >= 0.3 is 0 Å². The van der Waals surface area contributed by atoms with Crippen LogP contribution in [0.2, 0.25) is 0 Å². The molecule has 2 aliphatic rings. The molecule has 0 spiro atoms. The van der Waals surface area contributed by atoms with Crippen LogP contribution in [0, 0.1) is 5.92 Å². The highest BCUT2D eigenvalue weighted by molar-refractivity contribution is 5.80. The number of imidazole rings is 2. The van der Waals surface area contributed by atoms with Crippen molar-refractivity contribution in [3.8, 4) is 0 Å². The van der Waals surface area contributed by atoms with Crippen molar-refractivity contribution in [3.05, 3.63) is 48.8 Å². The average Bonchev–Trinajstić information content (AvgIpc) is 3.24. The van der Waals surface area contributed by atoms with Gasteiger partial charge in [-0.3, -0.25) is 4.79 Å². The van der Waals surface area contributed by atoms with Gasteiger partial charge < -0.3 is 14.0 Å². The number of nitrogens with zero attached hydrogens (tertiary/aromatic N) is 5. The number of carbonyl (C=O) groups is 1. The van der Waals surface area contributed by atoms with Crippen molar-refractivity contribution >= 4 is 16.9 Å². The topological polar surface area (TPSA) is 56.0 Å². The van der Waals surface area contributed by atoms with Crippen LogP contribution in [0.4, 0.5) is 0 Å². The predicted molar refractivity (Wildman–Crippen MR) is 103 cm³/mol. The Bertz CT molecular complexity index is 954. The summed E-state index contributed by atoms with van der Waals surface area (Å²) in [6, 6.07) is 7.96. The predicted octanol–water partition coefficient (Wildman–Crippen LogP) is 3.05. The Labute approximate surface area is 158 Å². The van der Waals surface area contributed by atoms with Crippen LogP contribution in [0.3, 0.4) is 0 Å². The summed E-state index contributed by atoms with van der Waals surface area (Å²) in [5, 5.41) is 0. The van der Waals surface area contributed by atoms with Crippen LogP contribution in [0.25, 0.3) is 11.0 Å². The van der Waals surface area contributed by atoms with E-state index in [2.05, 4.69) is 20.7 Å². The Morgan fingerprint density at radius 2 is 2.00 bits per heavy atom. The van der Waals surface area contributed by atoms with Crippen LogP contribution in [-0.2, 0) is 17.9 Å². The lowest BCUT2D eigenvalue weighted by Gasteiger charge is -2.33. The third-order valence-corrected chi connectivity index (χ3v) is 5.87. The molecule has 0 bridgehead atoms. The minimum atomic E-state index is 0.170. The number of benzene rings is 1. The van der Waals surface area contributed by atoms with Gasteiger partial charge in [-0.15, -0.1) is 0 Å². The van der Waals surface area contributed by atoms with E-state index >= 15 is 0 Å². The van der Waals surface area contributed by atoms with E-state index in [1.165, 1.54) is 12.8 Å². The lowest BCUT2D eigenvalue weighted by atomic mass is 9.97. The fourth-order valence-electron chi connectivity index (χ4n) is 4.21. The molecule has 2 fully saturated rings. The fourth-order valence-corrected chi connectivity index (χ4v) is 4.21. The van der Waals surface area contributed by atoms with Crippen molar-refractivity contribution in [2.45, 2.75) is 44.7 Å². The molecule has 1 amide bonds. The normalized spacial score (nSPS) is 20.3. The number of aromatic nitrogens is 4. The van der Waals surface area contributed by atoms with E-state index < -0.39 is 0 Å². The van der Waals surface area contributed by atoms with E-state index in [1.54, 1.807) is 6.33 Å². The zero-order valence-electron chi connectivity index (χ0n) is 15.5. The number of fused-ring (bicyclic) bond motifs is 1. The fraction of sp³-hybridized carbons (Fsp3) is 0.476. The molecule has 0 N–H and O–H groups in total. The zero-order valence-corrected chi connectivity index (χ0v) is 15.5. The molecule has 27 heavy (non-hydrogen) atoms. The number of likely N-dealkylation sites (tertiary alicyclic amines) is 1. The lowest BCUT2D eigenvalue weighted by molar-refractivity contribution is -0.133. The van der Waals surface area contributed by atoms with Gasteiger partial charge in [0.05, 0.1) is 17.4 Å². The molecule has 5 rings (SSSR count). The highest BCUT2D eigenvalue weighted by Gasteiger charge is 2.29. The van der Waals surface area contributed by atoms with Gasteiger partial charge in [-0.2, -0.15) is 0 Å². The van der Waals surface area contributed by atoms with Gasteiger partial charge in [-0.25, -0.2) is 9.97 Å². The molecule has 140 valence electrons. The van der Waals surface area contributed by atoms with Crippen LogP contribution in [0.15, 0.2) is 43.0 Å². The summed E-state index contributed by atoms with van der Waals surface area (Å²) >= 11 is 0. The van der Waals surface area contributed by atoms with E-state index in [4.69, 9.17) is 0 Å². The van der Waals surface area contributed by atoms with Crippen molar-refractivity contribution in [1.29, 1.82) is 0 Å². The Hall–Kier alpha value is -2.63. The van der Waals surface area contributed by atoms with E-state index in [0.29, 0.717) is 12.5 Å². The maximum Gasteiger partial charge on any atom is 0.242 e. The zero-order chi connectivity index (χ0) is 18.2. The summed E-state index contributed by atoms with van der Waals surface area (Å²) in [5.41, 5.74) is 1.95. The molecule has 1 aliphatic carbocycles. The Kier molecular flexibility index (Phi) is 4.19. The molecular weight excluding hydrogens is 338 g/mol. The summed E-state index contributed by atoms with van der Waals surface area (Å²) < 4.78 is 4.27. The molecular formula is C21H25N5O. The first-order chi connectivity index (χ1) is 13.3. The second-order valence-electron chi connectivity index (χ2n) is 7.92. The summed E-state index contributed by atoms with van der Waals surface area (Å²) in [7, 11) is 0. The van der Waals surface area contributed by atoms with Crippen molar-refractivity contribution in [3.63, 3.8) is 0 Å². The molecule has 1 aliphatic heterocycles. The number of carbonyl (C=O) groups excluding carboxylic acids is 1. The molecule has 1 saturated heterocycles. The second-order valence-corrected chi connectivity index (χ2v) is 7.92. The molecule has 3 aromatic rings. The Morgan fingerprint density at radius 3 is 2.89 bits per heavy atom. The highest BCUT2D eigenvalue weighted by atomic mass is 16.2. The molecule has 1 atom stereocenters. The molecule has 3 heterocycles. The first kappa shape index (κ1) is 16.5. The van der Waals surface area contributed by atoms with E-state index in [-0.39, 0.29) is 5.91 Å². The number of amides is 1. The van der Waals surface area contributed by atoms with Crippen LogP contribution < -0.4 is 0 Å². The molecule has 1 aromatic carbocycles. The van der Waals surface area contributed by atoms with E-state index in [0.717, 1.165) is 55.3 Å². The van der Waals surface area contributed by atoms with Gasteiger partial charge in [-0.05, 0) is 43.7 Å². The van der Waals surface area contributed by atoms with Crippen molar-refractivity contribution in [2.24, 2.45) is 5.92 Å². The Balaban J connectivity index is 1.29. The van der Waals surface area contributed by atoms with Crippen LogP contribution in [0.5, 0.6) is 0 Å². The van der Waals surface area contributed by atoms with Gasteiger partial charge in [-0.1, -0.05) is 12.1 Å². The van der Waals surface area contributed by atoms with Crippen molar-refractivity contribution in [2.75, 3.05) is 13.1 Å². The maximum absolute atomic E-state index is 12.9. The van der Waals surface area contributed by atoms with Gasteiger partial charge in [0.15, 0.2) is 0 Å². The average molecular weight is 363 g/mol.